The Bertz CT molecular complexity index is 402. The van der Waals surface area contributed by atoms with Gasteiger partial charge in [0.05, 0.1) is 6.61 Å². The van der Waals surface area contributed by atoms with E-state index in [1.165, 1.54) is 31.2 Å². The molecule has 0 aliphatic heterocycles. The number of benzene rings is 1. The van der Waals surface area contributed by atoms with Crippen LogP contribution in [0, 0.1) is 0 Å². The predicted octanol–water partition coefficient (Wildman–Crippen LogP) is 3.35. The van der Waals surface area contributed by atoms with Crippen molar-refractivity contribution >= 4 is 0 Å². The Kier molecular flexibility index (Phi) is 5.86. The number of hydrogen-bond acceptors (Lipinski definition) is 3. The Balaban J connectivity index is 2.18. The van der Waals surface area contributed by atoms with E-state index in [0.29, 0.717) is 25.2 Å². The van der Waals surface area contributed by atoms with Crippen molar-refractivity contribution in [2.24, 2.45) is 5.73 Å². The molecule has 1 saturated carbocycles. The lowest BCUT2D eigenvalue weighted by molar-refractivity contribution is 0.147. The Labute approximate surface area is 123 Å². The van der Waals surface area contributed by atoms with Gasteiger partial charge in [-0.15, -0.1) is 0 Å². The summed E-state index contributed by atoms with van der Waals surface area (Å²) in [7, 11) is 0. The van der Waals surface area contributed by atoms with Gasteiger partial charge in [-0.1, -0.05) is 31.9 Å². The number of ether oxygens (including phenoxy) is 1. The fourth-order valence-corrected chi connectivity index (χ4v) is 3.41. The van der Waals surface area contributed by atoms with Gasteiger partial charge in [0, 0.05) is 18.6 Å². The molecular formula is C17H28N2O. The second-order valence-corrected chi connectivity index (χ2v) is 5.53. The first-order chi connectivity index (χ1) is 9.80. The molecule has 0 heterocycles. The van der Waals surface area contributed by atoms with E-state index in [2.05, 4.69) is 30.0 Å². The average Bonchev–Trinajstić information content (AvgIpc) is 2.99. The van der Waals surface area contributed by atoms with Crippen molar-refractivity contribution in [2.75, 3.05) is 19.7 Å². The molecule has 0 spiro atoms. The highest BCUT2D eigenvalue weighted by Gasteiger charge is 2.27. The highest BCUT2D eigenvalue weighted by molar-refractivity contribution is 5.31. The normalized spacial score (nSPS) is 17.6. The maximum absolute atomic E-state index is 6.09. The minimum absolute atomic E-state index is 0.309. The molecule has 1 atom stereocenters. The minimum atomic E-state index is 0.309. The Morgan fingerprint density at radius 3 is 2.65 bits per heavy atom. The number of nitrogens with two attached hydrogens (primary N) is 1. The highest BCUT2D eigenvalue weighted by atomic mass is 16.5. The van der Waals surface area contributed by atoms with E-state index in [9.17, 15) is 0 Å². The summed E-state index contributed by atoms with van der Waals surface area (Å²) < 4.78 is 5.62. The molecule has 0 radical (unpaired) electrons. The van der Waals surface area contributed by atoms with Crippen molar-refractivity contribution in [2.45, 2.75) is 51.6 Å². The molecule has 20 heavy (non-hydrogen) atoms. The first-order valence-electron chi connectivity index (χ1n) is 7.98. The first kappa shape index (κ1) is 15.3. The molecule has 0 amide bonds. The van der Waals surface area contributed by atoms with Crippen LogP contribution in [0.15, 0.2) is 24.3 Å². The maximum atomic E-state index is 6.09. The molecule has 2 N–H and O–H groups in total. The standard InChI is InChI=1S/C17H28N2O/c1-3-19(15-9-5-6-10-15)17(13-18)14-8-7-11-16(12-14)20-4-2/h7-8,11-12,15,17H,3-6,9-10,13,18H2,1-2H3. The molecule has 0 aromatic heterocycles. The first-order valence-corrected chi connectivity index (χ1v) is 7.98. The Morgan fingerprint density at radius 2 is 2.05 bits per heavy atom. The van der Waals surface area contributed by atoms with Gasteiger partial charge in [0.15, 0.2) is 0 Å². The van der Waals surface area contributed by atoms with Crippen LogP contribution >= 0.6 is 0 Å². The van der Waals surface area contributed by atoms with Gasteiger partial charge < -0.3 is 10.5 Å². The van der Waals surface area contributed by atoms with Gasteiger partial charge in [-0.2, -0.15) is 0 Å². The number of nitrogens with zero attached hydrogens (tertiary/aromatic N) is 1. The molecule has 3 heteroatoms. The summed E-state index contributed by atoms with van der Waals surface area (Å²) in [6.07, 6.45) is 5.35. The molecule has 3 nitrogen and oxygen atoms in total. The van der Waals surface area contributed by atoms with Crippen LogP contribution in [-0.4, -0.2) is 30.6 Å². The summed E-state index contributed by atoms with van der Waals surface area (Å²) in [6, 6.07) is 9.43. The summed E-state index contributed by atoms with van der Waals surface area (Å²) in [5, 5.41) is 0. The molecule has 1 aliphatic carbocycles. The monoisotopic (exact) mass is 276 g/mol. The highest BCUT2D eigenvalue weighted by Crippen LogP contribution is 2.31. The number of likely N-dealkylation sites (N-methyl/N-ethyl adjacent to an activating group) is 1. The fraction of sp³-hybridized carbons (Fsp3) is 0.647. The second-order valence-electron chi connectivity index (χ2n) is 5.53. The third-order valence-electron chi connectivity index (χ3n) is 4.34. The van der Waals surface area contributed by atoms with Crippen molar-refractivity contribution in [3.8, 4) is 5.75 Å². The van der Waals surface area contributed by atoms with Crippen LogP contribution in [0.5, 0.6) is 5.75 Å². The van der Waals surface area contributed by atoms with Gasteiger partial charge in [0.2, 0.25) is 0 Å². The Morgan fingerprint density at radius 1 is 1.30 bits per heavy atom. The van der Waals surface area contributed by atoms with Gasteiger partial charge >= 0.3 is 0 Å². The molecule has 2 rings (SSSR count). The van der Waals surface area contributed by atoms with Crippen LogP contribution in [0.3, 0.4) is 0 Å². The second kappa shape index (κ2) is 7.65. The van der Waals surface area contributed by atoms with Gasteiger partial charge in [0.1, 0.15) is 5.75 Å². The van der Waals surface area contributed by atoms with Crippen molar-refractivity contribution in [1.82, 2.24) is 4.90 Å². The molecule has 1 unspecified atom stereocenters. The van der Waals surface area contributed by atoms with E-state index in [1.807, 2.05) is 13.0 Å². The average molecular weight is 276 g/mol. The smallest absolute Gasteiger partial charge is 0.119 e. The number of rotatable bonds is 7. The summed E-state index contributed by atoms with van der Waals surface area (Å²) in [5.41, 5.74) is 7.37. The van der Waals surface area contributed by atoms with E-state index in [0.717, 1.165) is 12.3 Å². The minimum Gasteiger partial charge on any atom is -0.494 e. The Hall–Kier alpha value is -1.06. The molecule has 1 aromatic rings. The maximum Gasteiger partial charge on any atom is 0.119 e. The molecule has 112 valence electrons. The third-order valence-corrected chi connectivity index (χ3v) is 4.34. The van der Waals surface area contributed by atoms with E-state index >= 15 is 0 Å². The van der Waals surface area contributed by atoms with Gasteiger partial charge in [0.25, 0.3) is 0 Å². The lowest BCUT2D eigenvalue weighted by Gasteiger charge is -2.35. The van der Waals surface area contributed by atoms with Crippen molar-refractivity contribution in [3.05, 3.63) is 29.8 Å². The van der Waals surface area contributed by atoms with Gasteiger partial charge in [-0.3, -0.25) is 4.90 Å². The molecule has 1 fully saturated rings. The lowest BCUT2D eigenvalue weighted by atomic mass is 10.0. The van der Waals surface area contributed by atoms with Crippen molar-refractivity contribution in [1.29, 1.82) is 0 Å². The van der Waals surface area contributed by atoms with Crippen LogP contribution < -0.4 is 10.5 Å². The molecule has 0 bridgehead atoms. The van der Waals surface area contributed by atoms with Crippen molar-refractivity contribution < 1.29 is 4.74 Å². The number of hydrogen-bond donors (Lipinski definition) is 1. The quantitative estimate of drug-likeness (QED) is 0.830. The largest absolute Gasteiger partial charge is 0.494 e. The summed E-state index contributed by atoms with van der Waals surface area (Å²) in [4.78, 5) is 2.58. The summed E-state index contributed by atoms with van der Waals surface area (Å²) in [6.45, 7) is 6.69. The predicted molar refractivity (Wildman–Crippen MR) is 84.0 cm³/mol. The van der Waals surface area contributed by atoms with E-state index in [-0.39, 0.29) is 0 Å². The van der Waals surface area contributed by atoms with Gasteiger partial charge in [-0.25, -0.2) is 0 Å². The van der Waals surface area contributed by atoms with E-state index < -0.39 is 0 Å². The summed E-state index contributed by atoms with van der Waals surface area (Å²) in [5.74, 6) is 0.950. The van der Waals surface area contributed by atoms with Crippen LogP contribution in [-0.2, 0) is 0 Å². The van der Waals surface area contributed by atoms with Crippen LogP contribution in [0.25, 0.3) is 0 Å². The molecule has 0 saturated heterocycles. The molecule has 1 aromatic carbocycles. The summed E-state index contributed by atoms with van der Waals surface area (Å²) >= 11 is 0. The molecule has 1 aliphatic rings. The van der Waals surface area contributed by atoms with Crippen LogP contribution in [0.4, 0.5) is 0 Å². The van der Waals surface area contributed by atoms with Crippen LogP contribution in [0.1, 0.15) is 51.1 Å². The molecular weight excluding hydrogens is 248 g/mol. The zero-order valence-corrected chi connectivity index (χ0v) is 12.8. The van der Waals surface area contributed by atoms with Crippen LogP contribution in [0.2, 0.25) is 0 Å². The lowest BCUT2D eigenvalue weighted by Crippen LogP contribution is -2.40. The van der Waals surface area contributed by atoms with Crippen molar-refractivity contribution in [3.63, 3.8) is 0 Å². The zero-order valence-electron chi connectivity index (χ0n) is 12.8. The SMILES string of the molecule is CCOc1cccc(C(CN)N(CC)C2CCCC2)c1. The van der Waals surface area contributed by atoms with E-state index in [4.69, 9.17) is 10.5 Å². The van der Waals surface area contributed by atoms with Gasteiger partial charge in [-0.05, 0) is 44.0 Å². The van der Waals surface area contributed by atoms with E-state index in [1.54, 1.807) is 0 Å². The topological polar surface area (TPSA) is 38.5 Å². The third kappa shape index (κ3) is 3.53. The fourth-order valence-electron chi connectivity index (χ4n) is 3.41. The zero-order chi connectivity index (χ0) is 14.4.